The van der Waals surface area contributed by atoms with E-state index in [0.29, 0.717) is 11.1 Å². The number of halogens is 3. The number of aromatic amines is 1. The minimum Gasteiger partial charge on any atom is -0.490 e. The van der Waals surface area contributed by atoms with E-state index in [4.69, 9.17) is 4.74 Å². The second-order valence-electron chi connectivity index (χ2n) is 4.14. The van der Waals surface area contributed by atoms with Crippen LogP contribution < -0.4 is 10.3 Å². The lowest BCUT2D eigenvalue weighted by molar-refractivity contribution is -0.137. The quantitative estimate of drug-likeness (QED) is 0.922. The van der Waals surface area contributed by atoms with Crippen molar-refractivity contribution < 1.29 is 17.9 Å². The fraction of sp³-hybridized carbons (Fsp3) is 0.231. The summed E-state index contributed by atoms with van der Waals surface area (Å²) in [4.78, 5) is 17.9. The number of rotatable bonds is 2. The van der Waals surface area contributed by atoms with Gasteiger partial charge in [-0.25, -0.2) is 4.98 Å². The van der Waals surface area contributed by atoms with E-state index >= 15 is 0 Å². The van der Waals surface area contributed by atoms with E-state index in [1.54, 1.807) is 0 Å². The molecule has 0 saturated heterocycles. The number of H-pyrrole nitrogens is 1. The molecule has 1 aromatic heterocycles. The second-order valence-corrected chi connectivity index (χ2v) is 4.14. The molecule has 0 aliphatic rings. The van der Waals surface area contributed by atoms with E-state index in [0.717, 1.165) is 12.1 Å². The molecular formula is C13H11F3N2O2. The van der Waals surface area contributed by atoms with Crippen molar-refractivity contribution >= 4 is 0 Å². The molecule has 0 atom stereocenters. The van der Waals surface area contributed by atoms with Gasteiger partial charge in [0.25, 0.3) is 5.56 Å². The maximum atomic E-state index is 12.6. The zero-order chi connectivity index (χ0) is 14.9. The first-order chi connectivity index (χ1) is 9.34. The summed E-state index contributed by atoms with van der Waals surface area (Å²) >= 11 is 0. The van der Waals surface area contributed by atoms with E-state index in [1.807, 2.05) is 0 Å². The number of benzene rings is 1. The van der Waals surface area contributed by atoms with Gasteiger partial charge in [-0.15, -0.1) is 0 Å². The Labute approximate surface area is 112 Å². The van der Waals surface area contributed by atoms with Crippen molar-refractivity contribution in [1.29, 1.82) is 0 Å². The van der Waals surface area contributed by atoms with Crippen LogP contribution in [-0.2, 0) is 6.18 Å². The molecule has 4 nitrogen and oxygen atoms in total. The van der Waals surface area contributed by atoms with Crippen LogP contribution in [0.5, 0.6) is 5.75 Å². The Balaban J connectivity index is 2.61. The van der Waals surface area contributed by atoms with Gasteiger partial charge in [-0.05, 0) is 24.6 Å². The predicted molar refractivity (Wildman–Crippen MR) is 66.6 cm³/mol. The lowest BCUT2D eigenvalue weighted by Crippen LogP contribution is -2.12. The second kappa shape index (κ2) is 4.99. The molecule has 0 aliphatic heterocycles. The molecule has 20 heavy (non-hydrogen) atoms. The highest BCUT2D eigenvalue weighted by atomic mass is 19.4. The monoisotopic (exact) mass is 284 g/mol. The number of hydrogen-bond acceptors (Lipinski definition) is 3. The summed E-state index contributed by atoms with van der Waals surface area (Å²) in [6.07, 6.45) is -3.23. The molecular weight excluding hydrogens is 273 g/mol. The van der Waals surface area contributed by atoms with Crippen molar-refractivity contribution in [3.05, 3.63) is 46.0 Å². The van der Waals surface area contributed by atoms with Crippen LogP contribution in [0.4, 0.5) is 13.2 Å². The number of ether oxygens (including phenoxy) is 1. The van der Waals surface area contributed by atoms with E-state index < -0.39 is 17.3 Å². The molecule has 0 unspecified atom stereocenters. The Morgan fingerprint density at radius 3 is 2.55 bits per heavy atom. The van der Waals surface area contributed by atoms with Crippen molar-refractivity contribution in [3.8, 4) is 17.0 Å². The van der Waals surface area contributed by atoms with Crippen molar-refractivity contribution in [3.63, 3.8) is 0 Å². The number of nitrogens with zero attached hydrogens (tertiary/aromatic N) is 1. The summed E-state index contributed by atoms with van der Waals surface area (Å²) in [5, 5.41) is 0. The van der Waals surface area contributed by atoms with Gasteiger partial charge >= 0.3 is 6.18 Å². The Hall–Kier alpha value is -2.31. The molecule has 0 aliphatic carbocycles. The van der Waals surface area contributed by atoms with Gasteiger partial charge in [-0.3, -0.25) is 4.79 Å². The summed E-state index contributed by atoms with van der Waals surface area (Å²) in [6, 6.07) is 3.24. The van der Waals surface area contributed by atoms with Crippen LogP contribution in [-0.4, -0.2) is 17.1 Å². The molecule has 1 heterocycles. The minimum absolute atomic E-state index is 0.0321. The number of methoxy groups -OCH3 is 1. The third-order valence-corrected chi connectivity index (χ3v) is 2.82. The van der Waals surface area contributed by atoms with Gasteiger partial charge in [-0.1, -0.05) is 6.07 Å². The van der Waals surface area contributed by atoms with Crippen molar-refractivity contribution in [1.82, 2.24) is 9.97 Å². The van der Waals surface area contributed by atoms with Crippen LogP contribution in [0, 0.1) is 6.92 Å². The number of alkyl halides is 3. The Kier molecular flexibility index (Phi) is 3.52. The Bertz CT molecular complexity index is 693. The lowest BCUT2D eigenvalue weighted by Gasteiger charge is -2.12. The summed E-state index contributed by atoms with van der Waals surface area (Å²) in [5.41, 5.74) is -0.251. The van der Waals surface area contributed by atoms with Gasteiger partial charge < -0.3 is 9.72 Å². The fourth-order valence-electron chi connectivity index (χ4n) is 1.87. The van der Waals surface area contributed by atoms with E-state index in [9.17, 15) is 18.0 Å². The van der Waals surface area contributed by atoms with Crippen LogP contribution >= 0.6 is 0 Å². The van der Waals surface area contributed by atoms with Crippen molar-refractivity contribution in [2.45, 2.75) is 13.1 Å². The molecule has 1 N–H and O–H groups in total. The van der Waals surface area contributed by atoms with Gasteiger partial charge in [0.2, 0.25) is 5.75 Å². The molecule has 0 amide bonds. The average molecular weight is 284 g/mol. The first-order valence-corrected chi connectivity index (χ1v) is 5.64. The third-order valence-electron chi connectivity index (χ3n) is 2.82. The van der Waals surface area contributed by atoms with Gasteiger partial charge in [0, 0.05) is 5.56 Å². The lowest BCUT2D eigenvalue weighted by atomic mass is 10.0. The standard InChI is InChI=1S/C13H11F3N2O2/c1-7-5-8(13(14,15)16)3-4-9(7)10-11(20-2)12(19)18-6-17-10/h3-6H,1-2H3,(H,17,18,19). The molecule has 0 radical (unpaired) electrons. The zero-order valence-electron chi connectivity index (χ0n) is 10.7. The summed E-state index contributed by atoms with van der Waals surface area (Å²) in [7, 11) is 1.30. The van der Waals surface area contributed by atoms with E-state index in [-0.39, 0.29) is 11.4 Å². The average Bonchev–Trinajstić information content (AvgIpc) is 2.37. The van der Waals surface area contributed by atoms with Crippen molar-refractivity contribution in [2.75, 3.05) is 7.11 Å². The van der Waals surface area contributed by atoms with Gasteiger partial charge in [0.15, 0.2) is 0 Å². The largest absolute Gasteiger partial charge is 0.490 e. The minimum atomic E-state index is -4.41. The highest BCUT2D eigenvalue weighted by molar-refractivity contribution is 5.69. The summed E-state index contributed by atoms with van der Waals surface area (Å²) in [5.74, 6) is -0.0321. The highest BCUT2D eigenvalue weighted by Crippen LogP contribution is 2.34. The maximum Gasteiger partial charge on any atom is 0.416 e. The van der Waals surface area contributed by atoms with Gasteiger partial charge in [0.05, 0.1) is 19.0 Å². The number of hydrogen-bond donors (Lipinski definition) is 1. The first-order valence-electron chi connectivity index (χ1n) is 5.64. The number of nitrogens with one attached hydrogen (secondary N) is 1. The first kappa shape index (κ1) is 14.1. The number of aryl methyl sites for hydroxylation is 1. The molecule has 0 spiro atoms. The zero-order valence-corrected chi connectivity index (χ0v) is 10.7. The van der Waals surface area contributed by atoms with Crippen LogP contribution in [0.15, 0.2) is 29.3 Å². The number of aromatic nitrogens is 2. The molecule has 7 heteroatoms. The molecule has 1 aromatic carbocycles. The third kappa shape index (κ3) is 2.52. The van der Waals surface area contributed by atoms with Crippen LogP contribution in [0.3, 0.4) is 0 Å². The molecule has 0 fully saturated rings. The Morgan fingerprint density at radius 1 is 1.30 bits per heavy atom. The predicted octanol–water partition coefficient (Wildman–Crippen LogP) is 2.77. The smallest absolute Gasteiger partial charge is 0.416 e. The summed E-state index contributed by atoms with van der Waals surface area (Å²) in [6.45, 7) is 1.52. The normalized spacial score (nSPS) is 11.4. The van der Waals surface area contributed by atoms with E-state index in [2.05, 4.69) is 9.97 Å². The molecule has 106 valence electrons. The van der Waals surface area contributed by atoms with E-state index in [1.165, 1.54) is 26.4 Å². The van der Waals surface area contributed by atoms with Crippen molar-refractivity contribution in [2.24, 2.45) is 0 Å². The SMILES string of the molecule is COc1c(-c2ccc(C(F)(F)F)cc2C)nc[nH]c1=O. The topological polar surface area (TPSA) is 55.0 Å². The highest BCUT2D eigenvalue weighted by Gasteiger charge is 2.31. The van der Waals surface area contributed by atoms with Crippen LogP contribution in [0.2, 0.25) is 0 Å². The van der Waals surface area contributed by atoms with Gasteiger partial charge in [-0.2, -0.15) is 13.2 Å². The van der Waals surface area contributed by atoms with Crippen LogP contribution in [0.25, 0.3) is 11.3 Å². The van der Waals surface area contributed by atoms with Gasteiger partial charge in [0.1, 0.15) is 5.69 Å². The molecule has 2 rings (SSSR count). The molecule has 0 saturated carbocycles. The fourth-order valence-corrected chi connectivity index (χ4v) is 1.87. The maximum absolute atomic E-state index is 12.6. The Morgan fingerprint density at radius 2 is 2.00 bits per heavy atom. The molecule has 0 bridgehead atoms. The summed E-state index contributed by atoms with van der Waals surface area (Å²) < 4.78 is 42.8. The van der Waals surface area contributed by atoms with Crippen LogP contribution in [0.1, 0.15) is 11.1 Å². The molecule has 2 aromatic rings.